The number of halogens is 3. The van der Waals surface area contributed by atoms with Crippen molar-refractivity contribution in [3.05, 3.63) is 78.2 Å². The lowest BCUT2D eigenvalue weighted by Gasteiger charge is -2.11. The average molecular weight is 468 g/mol. The molecule has 0 fully saturated rings. The van der Waals surface area contributed by atoms with Gasteiger partial charge in [-0.15, -0.1) is 0 Å². The maximum absolute atomic E-state index is 13.1. The first-order chi connectivity index (χ1) is 16.2. The van der Waals surface area contributed by atoms with Crippen LogP contribution in [0.2, 0.25) is 0 Å². The number of anilines is 2. The third-order valence-corrected chi connectivity index (χ3v) is 5.15. The van der Waals surface area contributed by atoms with Crippen LogP contribution in [-0.4, -0.2) is 52.4 Å². The number of hydrogen-bond donors (Lipinski definition) is 2. The summed E-state index contributed by atoms with van der Waals surface area (Å²) in [5.41, 5.74) is 1.93. The number of nitrogens with one attached hydrogen (secondary N) is 2. The van der Waals surface area contributed by atoms with E-state index in [0.29, 0.717) is 29.3 Å². The highest BCUT2D eigenvalue weighted by molar-refractivity contribution is 5.95. The number of carbonyl (C=O) groups excluding carboxylic acids is 1. The molecule has 176 valence electrons. The van der Waals surface area contributed by atoms with Crippen molar-refractivity contribution < 1.29 is 18.0 Å². The molecule has 0 aliphatic rings. The first kappa shape index (κ1) is 23.2. The molecule has 2 aromatic carbocycles. The van der Waals surface area contributed by atoms with Crippen LogP contribution in [0.1, 0.15) is 15.9 Å². The summed E-state index contributed by atoms with van der Waals surface area (Å²) in [6.07, 6.45) is 0.434. The number of aromatic nitrogens is 3. The van der Waals surface area contributed by atoms with E-state index in [-0.39, 0.29) is 11.6 Å². The maximum atomic E-state index is 13.1. The average Bonchev–Trinajstić information content (AvgIpc) is 3.24. The summed E-state index contributed by atoms with van der Waals surface area (Å²) in [7, 11) is 3.87. The van der Waals surface area contributed by atoms with Gasteiger partial charge in [0.1, 0.15) is 0 Å². The highest BCUT2D eigenvalue weighted by atomic mass is 19.4. The Morgan fingerprint density at radius 3 is 2.65 bits per heavy atom. The molecule has 0 unspecified atom stereocenters. The Balaban J connectivity index is 1.61. The first-order valence-corrected chi connectivity index (χ1v) is 10.5. The van der Waals surface area contributed by atoms with E-state index >= 15 is 0 Å². The van der Waals surface area contributed by atoms with Crippen molar-refractivity contribution >= 4 is 23.1 Å². The SMILES string of the molecule is CN(C)CCNC(=O)c1cccc(-c2cnc3c(Nc4cccc(C(F)(F)F)c4)nccn23)c1. The van der Waals surface area contributed by atoms with Gasteiger partial charge >= 0.3 is 6.18 Å². The van der Waals surface area contributed by atoms with Crippen LogP contribution in [0.5, 0.6) is 0 Å². The number of rotatable bonds is 7. The lowest BCUT2D eigenvalue weighted by Crippen LogP contribution is -2.31. The van der Waals surface area contributed by atoms with E-state index < -0.39 is 11.7 Å². The molecule has 2 aromatic heterocycles. The number of amides is 1. The lowest BCUT2D eigenvalue weighted by molar-refractivity contribution is -0.137. The largest absolute Gasteiger partial charge is 0.416 e. The molecule has 0 saturated carbocycles. The second-order valence-corrected chi connectivity index (χ2v) is 7.96. The molecule has 0 atom stereocenters. The fourth-order valence-electron chi connectivity index (χ4n) is 3.45. The van der Waals surface area contributed by atoms with E-state index in [9.17, 15) is 18.0 Å². The van der Waals surface area contributed by atoms with E-state index in [2.05, 4.69) is 20.6 Å². The van der Waals surface area contributed by atoms with Crippen LogP contribution in [-0.2, 0) is 6.18 Å². The van der Waals surface area contributed by atoms with E-state index in [1.54, 1.807) is 35.0 Å². The first-order valence-electron chi connectivity index (χ1n) is 10.5. The van der Waals surface area contributed by atoms with Crippen molar-refractivity contribution in [2.75, 3.05) is 32.5 Å². The van der Waals surface area contributed by atoms with Crippen molar-refractivity contribution in [2.24, 2.45) is 0 Å². The third kappa shape index (κ3) is 5.18. The van der Waals surface area contributed by atoms with E-state index in [1.165, 1.54) is 18.3 Å². The molecule has 34 heavy (non-hydrogen) atoms. The zero-order chi connectivity index (χ0) is 24.3. The van der Waals surface area contributed by atoms with Gasteiger partial charge in [-0.25, -0.2) is 9.97 Å². The Hall–Kier alpha value is -3.92. The fourth-order valence-corrected chi connectivity index (χ4v) is 3.45. The number of imidazole rings is 1. The van der Waals surface area contributed by atoms with Crippen LogP contribution in [0.15, 0.2) is 67.1 Å². The minimum absolute atomic E-state index is 0.175. The van der Waals surface area contributed by atoms with Crippen LogP contribution in [0.4, 0.5) is 24.7 Å². The quantitative estimate of drug-likeness (QED) is 0.419. The van der Waals surface area contributed by atoms with Crippen molar-refractivity contribution in [2.45, 2.75) is 6.18 Å². The minimum atomic E-state index is -4.44. The van der Waals surface area contributed by atoms with Gasteiger partial charge in [0, 0.05) is 42.3 Å². The molecular weight excluding hydrogens is 445 g/mol. The number of hydrogen-bond acceptors (Lipinski definition) is 5. The van der Waals surface area contributed by atoms with Crippen molar-refractivity contribution in [3.8, 4) is 11.3 Å². The van der Waals surface area contributed by atoms with Gasteiger partial charge in [0.2, 0.25) is 0 Å². The second kappa shape index (κ2) is 9.52. The second-order valence-electron chi connectivity index (χ2n) is 7.96. The van der Waals surface area contributed by atoms with Gasteiger partial charge in [-0.05, 0) is 44.4 Å². The smallest absolute Gasteiger partial charge is 0.351 e. The van der Waals surface area contributed by atoms with Crippen LogP contribution in [0.25, 0.3) is 16.9 Å². The molecule has 0 bridgehead atoms. The van der Waals surface area contributed by atoms with Gasteiger partial charge in [0.25, 0.3) is 5.91 Å². The fraction of sp³-hybridized carbons (Fsp3) is 0.208. The van der Waals surface area contributed by atoms with Gasteiger partial charge in [0.05, 0.1) is 17.5 Å². The van der Waals surface area contributed by atoms with E-state index in [4.69, 9.17) is 0 Å². The number of benzene rings is 2. The van der Waals surface area contributed by atoms with Crippen molar-refractivity contribution in [3.63, 3.8) is 0 Å². The standard InChI is InChI=1S/C24H23F3N6O/c1-32(2)11-9-29-23(34)17-6-3-5-16(13-17)20-15-30-22-21(28-10-12-33(20)22)31-19-8-4-7-18(14-19)24(25,26)27/h3-8,10,12-15H,9,11H2,1-2H3,(H,28,31)(H,29,34). The van der Waals surface area contributed by atoms with Crippen LogP contribution in [0.3, 0.4) is 0 Å². The van der Waals surface area contributed by atoms with Gasteiger partial charge in [-0.1, -0.05) is 18.2 Å². The molecule has 0 radical (unpaired) electrons. The summed E-state index contributed by atoms with van der Waals surface area (Å²) in [6.45, 7) is 1.26. The van der Waals surface area contributed by atoms with Crippen molar-refractivity contribution in [1.29, 1.82) is 0 Å². The number of fused-ring (bicyclic) bond motifs is 1. The summed E-state index contributed by atoms with van der Waals surface area (Å²) in [5, 5.41) is 5.81. The molecule has 0 aliphatic carbocycles. The Morgan fingerprint density at radius 2 is 1.88 bits per heavy atom. The summed E-state index contributed by atoms with van der Waals surface area (Å²) >= 11 is 0. The zero-order valence-electron chi connectivity index (χ0n) is 18.6. The summed E-state index contributed by atoms with van der Waals surface area (Å²) in [5.74, 6) is 0.136. The molecule has 2 heterocycles. The molecular formula is C24H23F3N6O. The molecule has 2 N–H and O–H groups in total. The van der Waals surface area contributed by atoms with Gasteiger partial charge < -0.3 is 15.5 Å². The van der Waals surface area contributed by atoms with Crippen LogP contribution >= 0.6 is 0 Å². The third-order valence-electron chi connectivity index (χ3n) is 5.15. The van der Waals surface area contributed by atoms with Gasteiger partial charge in [0.15, 0.2) is 11.5 Å². The Morgan fingerprint density at radius 1 is 1.09 bits per heavy atom. The van der Waals surface area contributed by atoms with Gasteiger partial charge in [-0.2, -0.15) is 13.2 Å². The molecule has 0 aliphatic heterocycles. The number of alkyl halides is 3. The predicted octanol–water partition coefficient (Wildman–Crippen LogP) is 4.45. The molecule has 4 aromatic rings. The molecule has 0 saturated heterocycles. The monoisotopic (exact) mass is 468 g/mol. The van der Waals surface area contributed by atoms with Crippen molar-refractivity contribution in [1.82, 2.24) is 24.6 Å². The molecule has 10 heteroatoms. The van der Waals surface area contributed by atoms with Crippen LogP contribution in [0, 0.1) is 0 Å². The topological polar surface area (TPSA) is 74.6 Å². The van der Waals surface area contributed by atoms with Gasteiger partial charge in [-0.3, -0.25) is 9.20 Å². The predicted molar refractivity (Wildman–Crippen MR) is 124 cm³/mol. The van der Waals surface area contributed by atoms with E-state index in [0.717, 1.165) is 24.2 Å². The Bertz CT molecular complexity index is 1320. The summed E-state index contributed by atoms with van der Waals surface area (Å²) < 4.78 is 40.9. The molecule has 0 spiro atoms. The highest BCUT2D eigenvalue weighted by Gasteiger charge is 2.30. The molecule has 7 nitrogen and oxygen atoms in total. The minimum Gasteiger partial charge on any atom is -0.351 e. The highest BCUT2D eigenvalue weighted by Crippen LogP contribution is 2.32. The maximum Gasteiger partial charge on any atom is 0.416 e. The zero-order valence-corrected chi connectivity index (χ0v) is 18.6. The summed E-state index contributed by atoms with van der Waals surface area (Å²) in [6, 6.07) is 12.1. The Kier molecular flexibility index (Phi) is 6.51. The number of carbonyl (C=O) groups is 1. The van der Waals surface area contributed by atoms with Crippen LogP contribution < -0.4 is 10.6 Å². The van der Waals surface area contributed by atoms with E-state index in [1.807, 2.05) is 25.1 Å². The summed E-state index contributed by atoms with van der Waals surface area (Å²) in [4.78, 5) is 23.2. The molecule has 4 rings (SSSR count). The lowest BCUT2D eigenvalue weighted by atomic mass is 10.1. The number of nitrogens with zero attached hydrogens (tertiary/aromatic N) is 4. The normalized spacial score (nSPS) is 11.7. The number of likely N-dealkylation sites (N-methyl/N-ethyl adjacent to an activating group) is 1. The Labute approximate surface area is 194 Å². The molecule has 1 amide bonds.